The first-order chi connectivity index (χ1) is 9.74. The molecule has 0 aromatic carbocycles. The lowest BCUT2D eigenvalue weighted by Crippen LogP contribution is -2.49. The Kier molecular flexibility index (Phi) is 4.27. The largest absolute Gasteiger partial charge is 0.396 e. The van der Waals surface area contributed by atoms with Gasteiger partial charge in [0.25, 0.3) is 0 Å². The van der Waals surface area contributed by atoms with Crippen LogP contribution in [0.15, 0.2) is 12.2 Å². The minimum atomic E-state index is -0.0666. The van der Waals surface area contributed by atoms with Crippen molar-refractivity contribution in [3.8, 4) is 0 Å². The Labute approximate surface area is 120 Å². The van der Waals surface area contributed by atoms with Crippen molar-refractivity contribution in [1.82, 2.24) is 15.5 Å². The third-order valence-electron chi connectivity index (χ3n) is 4.65. The van der Waals surface area contributed by atoms with Crippen LogP contribution >= 0.6 is 0 Å². The SMILES string of the molecule is O=C(NC1CCN(C2CC2)CC1)N[C@@H]1C=C[C@H](CO)C1. The summed E-state index contributed by atoms with van der Waals surface area (Å²) < 4.78 is 0. The third kappa shape index (κ3) is 3.52. The fraction of sp³-hybridized carbons (Fsp3) is 0.800. The molecular formula is C15H25N3O2. The van der Waals surface area contributed by atoms with Crippen LogP contribution in [0.25, 0.3) is 0 Å². The molecule has 0 bridgehead atoms. The quantitative estimate of drug-likeness (QED) is 0.669. The van der Waals surface area contributed by atoms with E-state index in [-0.39, 0.29) is 24.6 Å². The number of aliphatic hydroxyl groups excluding tert-OH is 1. The number of hydrogen-bond donors (Lipinski definition) is 3. The van der Waals surface area contributed by atoms with Crippen LogP contribution in [0.1, 0.15) is 32.1 Å². The molecular weight excluding hydrogens is 254 g/mol. The molecule has 0 aromatic heterocycles. The Balaban J connectivity index is 1.36. The second-order valence-electron chi connectivity index (χ2n) is 6.33. The zero-order valence-corrected chi connectivity index (χ0v) is 11.9. The molecule has 1 saturated carbocycles. The standard InChI is InChI=1S/C15H25N3O2/c19-10-11-1-2-13(9-11)17-15(20)16-12-5-7-18(8-6-12)14-3-4-14/h1-2,11-14,19H,3-10H2,(H2,16,17,20)/t11-,13+/m0/s1. The molecule has 3 aliphatic rings. The van der Waals surface area contributed by atoms with Crippen LogP contribution < -0.4 is 10.6 Å². The van der Waals surface area contributed by atoms with Crippen molar-refractivity contribution < 1.29 is 9.90 Å². The zero-order chi connectivity index (χ0) is 13.9. The first-order valence-electron chi connectivity index (χ1n) is 7.85. The van der Waals surface area contributed by atoms with Gasteiger partial charge in [-0.2, -0.15) is 0 Å². The van der Waals surface area contributed by atoms with Crippen molar-refractivity contribution in [3.05, 3.63) is 12.2 Å². The van der Waals surface area contributed by atoms with Crippen LogP contribution in [0.4, 0.5) is 4.79 Å². The number of carbonyl (C=O) groups is 1. The van der Waals surface area contributed by atoms with E-state index in [1.807, 2.05) is 12.2 Å². The van der Waals surface area contributed by atoms with Gasteiger partial charge in [0.1, 0.15) is 0 Å². The summed E-state index contributed by atoms with van der Waals surface area (Å²) in [6.07, 6.45) is 9.61. The summed E-state index contributed by atoms with van der Waals surface area (Å²) in [6.45, 7) is 2.40. The second kappa shape index (κ2) is 6.14. The number of likely N-dealkylation sites (tertiary alicyclic amines) is 1. The Morgan fingerprint density at radius 2 is 1.90 bits per heavy atom. The van der Waals surface area contributed by atoms with E-state index in [4.69, 9.17) is 5.11 Å². The lowest BCUT2D eigenvalue weighted by Gasteiger charge is -2.32. The van der Waals surface area contributed by atoms with Crippen LogP contribution in [-0.4, -0.2) is 53.9 Å². The molecule has 2 atom stereocenters. The monoisotopic (exact) mass is 279 g/mol. The number of amides is 2. The molecule has 3 rings (SSSR count). The molecule has 112 valence electrons. The minimum absolute atomic E-state index is 0.0666. The summed E-state index contributed by atoms with van der Waals surface area (Å²) in [5.41, 5.74) is 0. The maximum absolute atomic E-state index is 12.0. The maximum Gasteiger partial charge on any atom is 0.315 e. The van der Waals surface area contributed by atoms with E-state index in [1.165, 1.54) is 12.8 Å². The van der Waals surface area contributed by atoms with Gasteiger partial charge in [0.2, 0.25) is 0 Å². The molecule has 20 heavy (non-hydrogen) atoms. The molecule has 2 amide bonds. The molecule has 0 aromatic rings. The third-order valence-corrected chi connectivity index (χ3v) is 4.65. The first kappa shape index (κ1) is 13.9. The van der Waals surface area contributed by atoms with Gasteiger partial charge < -0.3 is 20.6 Å². The Bertz CT molecular complexity index is 373. The molecule has 1 aliphatic heterocycles. The smallest absolute Gasteiger partial charge is 0.315 e. The number of carbonyl (C=O) groups excluding carboxylic acids is 1. The van der Waals surface area contributed by atoms with Gasteiger partial charge in [0.05, 0.1) is 0 Å². The molecule has 2 aliphatic carbocycles. The molecule has 0 radical (unpaired) electrons. The summed E-state index contributed by atoms with van der Waals surface area (Å²) >= 11 is 0. The summed E-state index contributed by atoms with van der Waals surface area (Å²) in [7, 11) is 0. The molecule has 1 heterocycles. The maximum atomic E-state index is 12.0. The van der Waals surface area contributed by atoms with Gasteiger partial charge >= 0.3 is 6.03 Å². The van der Waals surface area contributed by atoms with Crippen molar-refractivity contribution in [2.24, 2.45) is 5.92 Å². The van der Waals surface area contributed by atoms with E-state index in [0.29, 0.717) is 6.04 Å². The molecule has 3 N–H and O–H groups in total. The molecule has 1 saturated heterocycles. The van der Waals surface area contributed by atoms with Gasteiger partial charge in [-0.3, -0.25) is 0 Å². The van der Waals surface area contributed by atoms with Gasteiger partial charge in [-0.05, 0) is 32.1 Å². The summed E-state index contributed by atoms with van der Waals surface area (Å²) in [6, 6.07) is 1.15. The van der Waals surface area contributed by atoms with E-state index in [0.717, 1.165) is 38.4 Å². The molecule has 0 spiro atoms. The lowest BCUT2D eigenvalue weighted by molar-refractivity contribution is 0.185. The number of nitrogens with one attached hydrogen (secondary N) is 2. The topological polar surface area (TPSA) is 64.6 Å². The average Bonchev–Trinajstić information content (AvgIpc) is 3.20. The van der Waals surface area contributed by atoms with Crippen molar-refractivity contribution in [1.29, 1.82) is 0 Å². The Morgan fingerprint density at radius 1 is 1.15 bits per heavy atom. The van der Waals surface area contributed by atoms with Crippen LogP contribution in [0, 0.1) is 5.92 Å². The second-order valence-corrected chi connectivity index (χ2v) is 6.33. The molecule has 5 heteroatoms. The van der Waals surface area contributed by atoms with Gasteiger partial charge in [0, 0.05) is 43.7 Å². The van der Waals surface area contributed by atoms with Gasteiger partial charge in [0.15, 0.2) is 0 Å². The highest BCUT2D eigenvalue weighted by Gasteiger charge is 2.32. The van der Waals surface area contributed by atoms with Crippen molar-refractivity contribution >= 4 is 6.03 Å². The predicted molar refractivity (Wildman–Crippen MR) is 77.4 cm³/mol. The molecule has 2 fully saturated rings. The first-order valence-corrected chi connectivity index (χ1v) is 7.85. The van der Waals surface area contributed by atoms with Crippen LogP contribution in [0.5, 0.6) is 0 Å². The Hall–Kier alpha value is -1.07. The highest BCUT2D eigenvalue weighted by molar-refractivity contribution is 5.74. The van der Waals surface area contributed by atoms with E-state index < -0.39 is 0 Å². The average molecular weight is 279 g/mol. The van der Waals surface area contributed by atoms with Gasteiger partial charge in [-0.1, -0.05) is 12.2 Å². The normalized spacial score (nSPS) is 31.4. The number of aliphatic hydroxyl groups is 1. The van der Waals surface area contributed by atoms with Crippen molar-refractivity contribution in [2.75, 3.05) is 19.7 Å². The predicted octanol–water partition coefficient (Wildman–Crippen LogP) is 0.849. The fourth-order valence-electron chi connectivity index (χ4n) is 3.26. The highest BCUT2D eigenvalue weighted by Crippen LogP contribution is 2.29. The van der Waals surface area contributed by atoms with Crippen molar-refractivity contribution in [3.63, 3.8) is 0 Å². The number of nitrogens with zero attached hydrogens (tertiary/aromatic N) is 1. The Morgan fingerprint density at radius 3 is 2.50 bits per heavy atom. The van der Waals surface area contributed by atoms with E-state index in [9.17, 15) is 4.79 Å². The summed E-state index contributed by atoms with van der Waals surface area (Å²) in [5, 5.41) is 15.1. The summed E-state index contributed by atoms with van der Waals surface area (Å²) in [4.78, 5) is 14.5. The minimum Gasteiger partial charge on any atom is -0.396 e. The summed E-state index contributed by atoms with van der Waals surface area (Å²) in [5.74, 6) is 0.196. The lowest BCUT2D eigenvalue weighted by atomic mass is 10.1. The van der Waals surface area contributed by atoms with Gasteiger partial charge in [-0.25, -0.2) is 4.79 Å². The van der Waals surface area contributed by atoms with Crippen LogP contribution in [-0.2, 0) is 0 Å². The van der Waals surface area contributed by atoms with E-state index in [2.05, 4.69) is 15.5 Å². The fourth-order valence-corrected chi connectivity index (χ4v) is 3.26. The van der Waals surface area contributed by atoms with E-state index in [1.54, 1.807) is 0 Å². The number of piperidine rings is 1. The molecule has 5 nitrogen and oxygen atoms in total. The number of hydrogen-bond acceptors (Lipinski definition) is 3. The van der Waals surface area contributed by atoms with Crippen LogP contribution in [0.3, 0.4) is 0 Å². The number of rotatable bonds is 4. The van der Waals surface area contributed by atoms with Crippen molar-refractivity contribution in [2.45, 2.75) is 50.2 Å². The van der Waals surface area contributed by atoms with Gasteiger partial charge in [-0.15, -0.1) is 0 Å². The number of urea groups is 1. The van der Waals surface area contributed by atoms with E-state index >= 15 is 0 Å². The van der Waals surface area contributed by atoms with Crippen LogP contribution in [0.2, 0.25) is 0 Å². The highest BCUT2D eigenvalue weighted by atomic mass is 16.3. The molecule has 0 unspecified atom stereocenters. The zero-order valence-electron chi connectivity index (χ0n) is 11.9.